The zero-order chi connectivity index (χ0) is 49.8. The molecular weight excluding hydrogens is 875 g/mol. The Kier molecular flexibility index (Phi) is 23.1. The number of carbonyl (C=O) groups excluding carboxylic acids is 5. The number of aryl methyl sites for hydroxylation is 2. The van der Waals surface area contributed by atoms with Gasteiger partial charge in [0.2, 0.25) is 23.6 Å². The minimum atomic E-state index is -1.73. The minimum Gasteiger partial charge on any atom is -0.508 e. The third kappa shape index (κ3) is 17.1. The first-order valence-corrected chi connectivity index (χ1v) is 24.1. The highest BCUT2D eigenvalue weighted by atomic mass is 16.7. The molecule has 376 valence electrons. The van der Waals surface area contributed by atoms with Crippen LogP contribution in [-0.2, 0) is 46.3 Å². The van der Waals surface area contributed by atoms with E-state index in [9.17, 15) is 44.4 Å². The van der Waals surface area contributed by atoms with Crippen LogP contribution < -0.4 is 38.5 Å². The average Bonchev–Trinajstić information content (AvgIpc) is 3.30. The van der Waals surface area contributed by atoms with Crippen LogP contribution in [0.5, 0.6) is 5.75 Å². The normalized spacial score (nSPS) is 19.9. The van der Waals surface area contributed by atoms with E-state index in [0.29, 0.717) is 31.4 Å². The van der Waals surface area contributed by atoms with Gasteiger partial charge in [0.15, 0.2) is 12.4 Å². The van der Waals surface area contributed by atoms with Crippen LogP contribution in [0.3, 0.4) is 0 Å². The first kappa shape index (κ1) is 55.4. The van der Waals surface area contributed by atoms with Crippen molar-refractivity contribution in [3.63, 3.8) is 0 Å². The van der Waals surface area contributed by atoms with Gasteiger partial charge in [0.05, 0.1) is 6.04 Å². The number of aromatic hydroxyl groups is 1. The number of fused-ring (bicyclic) bond motifs is 1. The Hall–Kier alpha value is -5.21. The lowest BCUT2D eigenvalue weighted by Crippen LogP contribution is -2.62. The van der Waals surface area contributed by atoms with Crippen molar-refractivity contribution in [2.75, 3.05) is 19.7 Å². The number of aliphatic hydroxyl groups excluding tert-OH is 3. The number of phenols is 1. The van der Waals surface area contributed by atoms with E-state index in [4.69, 9.17) is 26.7 Å². The van der Waals surface area contributed by atoms with E-state index >= 15 is 0 Å². The highest BCUT2D eigenvalue weighted by molar-refractivity contribution is 5.95. The predicted molar refractivity (Wildman–Crippen MR) is 258 cm³/mol. The third-order valence-electron chi connectivity index (χ3n) is 12.4. The molecule has 3 aromatic carbocycles. The number of hydrogen-bond acceptors (Lipinski definition) is 13. The second-order valence-electron chi connectivity index (χ2n) is 17.9. The van der Waals surface area contributed by atoms with Crippen molar-refractivity contribution in [3.8, 4) is 5.75 Å². The molecule has 18 heteroatoms. The predicted octanol–water partition coefficient (Wildman–Crippen LogP) is 1.81. The number of unbranched alkanes of at least 4 members (excludes halogenated alkanes) is 7. The summed E-state index contributed by atoms with van der Waals surface area (Å²) in [7, 11) is 0. The fraction of sp³-hybridized carbons (Fsp3) is 0.580. The van der Waals surface area contributed by atoms with E-state index in [1.165, 1.54) is 0 Å². The van der Waals surface area contributed by atoms with Crippen molar-refractivity contribution in [1.82, 2.24) is 21.3 Å². The molecule has 1 fully saturated rings. The van der Waals surface area contributed by atoms with Gasteiger partial charge in [-0.1, -0.05) is 81.5 Å². The van der Waals surface area contributed by atoms with Crippen molar-refractivity contribution in [1.29, 1.82) is 0 Å². The third-order valence-corrected chi connectivity index (χ3v) is 12.4. The number of phenolic OH excluding ortho intramolecular Hbond substituents is 1. The number of carbonyl (C=O) groups is 5. The standard InChI is InChI=1S/C50H75N7O11/c1-4-5-6-7-8-15-24-67-50-43(61)41(59)42(60)44(68-50)49(66)54-23-14-12-19-39(56-46(63)37(52)29-36-30(2)25-35(58)26-31(36)3)47(64)57-40(48(65)55-38(45(53)62)18-11-13-22-51)28-32-20-21-33-16-9-10-17-34(33)27-32/h9-10,16-17,20-21,25-27,37-44,50,58-61H,4-8,11-15,18-19,22-24,28-29,51-52H2,1-3H3,(H2,53,62)(H,54,66)(H,55,65)(H,56,63)(H,57,64)/t37-,38-,39+,40-,41-,42-,43+,44-,50+/m0/s1. The van der Waals surface area contributed by atoms with Gasteiger partial charge < -0.3 is 68.4 Å². The second-order valence-corrected chi connectivity index (χ2v) is 17.9. The molecule has 0 aromatic heterocycles. The maximum atomic E-state index is 14.4. The fourth-order valence-electron chi connectivity index (χ4n) is 8.36. The lowest BCUT2D eigenvalue weighted by Gasteiger charge is -2.39. The van der Waals surface area contributed by atoms with E-state index < -0.39 is 84.4 Å². The Bertz CT molecular complexity index is 2080. The maximum absolute atomic E-state index is 14.4. The summed E-state index contributed by atoms with van der Waals surface area (Å²) < 4.78 is 11.3. The lowest BCUT2D eigenvalue weighted by atomic mass is 9.95. The molecule has 68 heavy (non-hydrogen) atoms. The van der Waals surface area contributed by atoms with Crippen LogP contribution in [0.1, 0.15) is 106 Å². The molecule has 18 nitrogen and oxygen atoms in total. The minimum absolute atomic E-state index is 0.0219. The molecule has 14 N–H and O–H groups in total. The summed E-state index contributed by atoms with van der Waals surface area (Å²) in [5.74, 6) is -3.43. The van der Waals surface area contributed by atoms with Crippen molar-refractivity contribution in [3.05, 3.63) is 76.9 Å². The summed E-state index contributed by atoms with van der Waals surface area (Å²) in [5, 5.41) is 54.6. The van der Waals surface area contributed by atoms with Gasteiger partial charge >= 0.3 is 0 Å². The van der Waals surface area contributed by atoms with Crippen LogP contribution in [0, 0.1) is 13.8 Å². The molecule has 3 aromatic rings. The van der Waals surface area contributed by atoms with Gasteiger partial charge in [0.25, 0.3) is 5.91 Å². The molecule has 0 saturated carbocycles. The van der Waals surface area contributed by atoms with E-state index in [2.05, 4.69) is 28.2 Å². The highest BCUT2D eigenvalue weighted by Gasteiger charge is 2.47. The Labute approximate surface area is 399 Å². The van der Waals surface area contributed by atoms with Crippen molar-refractivity contribution in [2.45, 2.75) is 166 Å². The van der Waals surface area contributed by atoms with Crippen LogP contribution in [0.4, 0.5) is 0 Å². The number of nitrogens with two attached hydrogens (primary N) is 3. The summed E-state index contributed by atoms with van der Waals surface area (Å²) in [5.41, 5.74) is 20.7. The summed E-state index contributed by atoms with van der Waals surface area (Å²) in [6, 6.07) is 11.9. The first-order chi connectivity index (χ1) is 32.5. The van der Waals surface area contributed by atoms with Crippen LogP contribution in [0.2, 0.25) is 0 Å². The molecule has 0 aliphatic carbocycles. The quantitative estimate of drug-likeness (QED) is 0.0443. The molecule has 1 aliphatic heterocycles. The summed E-state index contributed by atoms with van der Waals surface area (Å²) >= 11 is 0. The molecule has 0 spiro atoms. The van der Waals surface area contributed by atoms with E-state index in [1.807, 2.05) is 42.5 Å². The summed E-state index contributed by atoms with van der Waals surface area (Å²) in [6.07, 6.45) is 0.182. The van der Waals surface area contributed by atoms with Crippen molar-refractivity contribution < 1.29 is 53.9 Å². The Morgan fingerprint density at radius 2 is 1.32 bits per heavy atom. The highest BCUT2D eigenvalue weighted by Crippen LogP contribution is 2.24. The number of ether oxygens (including phenoxy) is 2. The second kappa shape index (κ2) is 28.3. The van der Waals surface area contributed by atoms with Gasteiger partial charge in [-0.3, -0.25) is 24.0 Å². The van der Waals surface area contributed by atoms with Gasteiger partial charge in [-0.15, -0.1) is 0 Å². The molecule has 0 radical (unpaired) electrons. The lowest BCUT2D eigenvalue weighted by molar-refractivity contribution is -0.290. The van der Waals surface area contributed by atoms with Gasteiger partial charge in [-0.05, 0) is 117 Å². The van der Waals surface area contributed by atoms with E-state index in [1.54, 1.807) is 26.0 Å². The number of primary amides is 1. The number of rotatable bonds is 29. The number of amides is 5. The van der Waals surface area contributed by atoms with Gasteiger partial charge in [0.1, 0.15) is 42.2 Å². The number of benzene rings is 3. The zero-order valence-corrected chi connectivity index (χ0v) is 39.8. The largest absolute Gasteiger partial charge is 0.508 e. The molecule has 0 unspecified atom stereocenters. The van der Waals surface area contributed by atoms with E-state index in [-0.39, 0.29) is 57.4 Å². The van der Waals surface area contributed by atoms with Gasteiger partial charge in [0, 0.05) is 19.6 Å². The van der Waals surface area contributed by atoms with Crippen molar-refractivity contribution >= 4 is 40.3 Å². The van der Waals surface area contributed by atoms with Crippen LogP contribution in [-0.4, -0.2) is 125 Å². The van der Waals surface area contributed by atoms with E-state index in [0.717, 1.165) is 59.6 Å². The molecule has 1 saturated heterocycles. The van der Waals surface area contributed by atoms with Gasteiger partial charge in [-0.2, -0.15) is 0 Å². The average molecular weight is 950 g/mol. The Morgan fingerprint density at radius 3 is 2.01 bits per heavy atom. The maximum Gasteiger partial charge on any atom is 0.252 e. The molecule has 0 bridgehead atoms. The fourth-order valence-corrected chi connectivity index (χ4v) is 8.36. The Balaban J connectivity index is 1.48. The number of hydrogen-bond donors (Lipinski definition) is 11. The number of nitrogens with one attached hydrogen (secondary N) is 4. The molecular formula is C50H75N7O11. The SMILES string of the molecule is CCCCCCCCO[C@@H]1O[C@H](C(=O)NCCCC[C@@H](NC(=O)[C@@H](N)Cc2c(C)cc(O)cc2C)C(=O)N[C@@H](Cc2ccc3ccccc3c2)C(=O)N[C@@H](CCCCN)C(N)=O)[C@@H](O)[C@H](O)[C@H]1O. The molecule has 4 rings (SSSR count). The molecule has 1 heterocycles. The number of aliphatic hydroxyl groups is 3. The van der Waals surface area contributed by atoms with Crippen LogP contribution in [0.25, 0.3) is 10.8 Å². The van der Waals surface area contributed by atoms with Crippen molar-refractivity contribution in [2.24, 2.45) is 17.2 Å². The van der Waals surface area contributed by atoms with Crippen LogP contribution in [0.15, 0.2) is 54.6 Å². The monoisotopic (exact) mass is 950 g/mol. The Morgan fingerprint density at radius 1 is 0.706 bits per heavy atom. The zero-order valence-electron chi connectivity index (χ0n) is 39.8. The van der Waals surface area contributed by atoms with Crippen LogP contribution >= 0.6 is 0 Å². The smallest absolute Gasteiger partial charge is 0.252 e. The summed E-state index contributed by atoms with van der Waals surface area (Å²) in [6.45, 7) is 6.37. The molecule has 1 aliphatic rings. The molecule has 5 amide bonds. The topological polar surface area (TPSA) is 311 Å². The summed E-state index contributed by atoms with van der Waals surface area (Å²) in [4.78, 5) is 67.9. The first-order valence-electron chi connectivity index (χ1n) is 24.1. The van der Waals surface area contributed by atoms with Gasteiger partial charge in [-0.25, -0.2) is 0 Å². The molecule has 9 atom stereocenters.